The molecule has 0 fully saturated rings. The highest BCUT2D eigenvalue weighted by atomic mass is 19.4. The fraction of sp³-hybridized carbons (Fsp3) is 0.500. The molecule has 0 heterocycles. The minimum Gasteiger partial charge on any atom is -0.461 e. The van der Waals surface area contributed by atoms with Crippen molar-refractivity contribution in [3.05, 3.63) is 34.6 Å². The Labute approximate surface area is 174 Å². The molecule has 0 saturated heterocycles. The van der Waals surface area contributed by atoms with Gasteiger partial charge in [-0.2, -0.15) is 26.3 Å². The second-order valence-electron chi connectivity index (χ2n) is 6.07. The second-order valence-corrected chi connectivity index (χ2v) is 6.07. The molecular weight excluding hydrogens is 503 g/mol. The van der Waals surface area contributed by atoms with Gasteiger partial charge in [-0.3, -0.25) is 9.59 Å². The van der Waals surface area contributed by atoms with Gasteiger partial charge in [0.15, 0.2) is 29.9 Å². The van der Waals surface area contributed by atoms with Crippen molar-refractivity contribution in [3.63, 3.8) is 0 Å². The molecule has 4 nitrogen and oxygen atoms in total. The highest BCUT2D eigenvalue weighted by molar-refractivity contribution is 5.77. The summed E-state index contributed by atoms with van der Waals surface area (Å²) in [4.78, 5) is 22.6. The molecule has 1 aromatic carbocycles. The van der Waals surface area contributed by atoms with E-state index in [0.717, 1.165) is 0 Å². The highest BCUT2D eigenvalue weighted by Crippen LogP contribution is 2.48. The van der Waals surface area contributed by atoms with Crippen molar-refractivity contribution in [3.8, 4) is 0 Å². The Kier molecular flexibility index (Phi) is 8.59. The van der Waals surface area contributed by atoms with E-state index >= 15 is 0 Å². The first-order valence-electron chi connectivity index (χ1n) is 8.11. The molecule has 1 rings (SSSR count). The van der Waals surface area contributed by atoms with Crippen LogP contribution in [0.2, 0.25) is 0 Å². The van der Waals surface area contributed by atoms with Gasteiger partial charge in [0.1, 0.15) is 6.61 Å². The van der Waals surface area contributed by atoms with Crippen LogP contribution in [0.25, 0.3) is 0 Å². The minimum absolute atomic E-state index is 1.18. The fourth-order valence-corrected chi connectivity index (χ4v) is 1.92. The van der Waals surface area contributed by atoms with Crippen molar-refractivity contribution in [1.82, 2.24) is 0 Å². The zero-order valence-electron chi connectivity index (χ0n) is 15.5. The van der Waals surface area contributed by atoms with E-state index in [9.17, 15) is 66.7 Å². The van der Waals surface area contributed by atoms with Gasteiger partial charge in [-0.05, 0) is 0 Å². The number of hydrogen-bond acceptors (Lipinski definition) is 4. The summed E-state index contributed by atoms with van der Waals surface area (Å²) in [5.41, 5.74) is -1.58. The van der Waals surface area contributed by atoms with Gasteiger partial charge in [0.25, 0.3) is 0 Å². The van der Waals surface area contributed by atoms with E-state index in [1.54, 1.807) is 0 Å². The zero-order valence-corrected chi connectivity index (χ0v) is 15.5. The molecule has 0 aromatic heterocycles. The van der Waals surface area contributed by atoms with Gasteiger partial charge in [-0.15, -0.1) is 0 Å². The summed E-state index contributed by atoms with van der Waals surface area (Å²) >= 11 is 0. The fourth-order valence-electron chi connectivity index (χ4n) is 1.92. The van der Waals surface area contributed by atoms with E-state index in [4.69, 9.17) is 0 Å². The van der Waals surface area contributed by atoms with E-state index in [-0.39, 0.29) is 0 Å². The molecule has 0 aliphatic carbocycles. The normalized spacial score (nSPS) is 12.8. The molecule has 17 heteroatoms. The van der Waals surface area contributed by atoms with Gasteiger partial charge in [-0.1, -0.05) is 0 Å². The third kappa shape index (κ3) is 5.79. The number of carbonyl (C=O) groups excluding carboxylic acids is 2. The number of carbonyl (C=O) groups is 2. The van der Waals surface area contributed by atoms with Crippen LogP contribution in [0.3, 0.4) is 0 Å². The molecule has 1 aromatic rings. The highest BCUT2D eigenvalue weighted by Gasteiger charge is 2.75. The lowest BCUT2D eigenvalue weighted by atomic mass is 10.1. The van der Waals surface area contributed by atoms with Crippen LogP contribution < -0.4 is 0 Å². The number of halogens is 13. The third-order valence-electron chi connectivity index (χ3n) is 3.78. The average molecular weight is 512 g/mol. The maximum Gasteiger partial charge on any atom is 0.381 e. The Morgan fingerprint density at radius 3 is 1.52 bits per heavy atom. The van der Waals surface area contributed by atoms with E-state index in [1.165, 1.54) is 0 Å². The number of rotatable bonds is 10. The Balaban J connectivity index is 2.65. The van der Waals surface area contributed by atoms with Crippen LogP contribution in [0.4, 0.5) is 57.1 Å². The van der Waals surface area contributed by atoms with Crippen molar-refractivity contribution >= 4 is 11.9 Å². The summed E-state index contributed by atoms with van der Waals surface area (Å²) in [6, 6.07) is 0. The molecule has 0 aliphatic heterocycles. The van der Waals surface area contributed by atoms with Gasteiger partial charge in [0.05, 0.1) is 18.4 Å². The third-order valence-corrected chi connectivity index (χ3v) is 3.78. The first kappa shape index (κ1) is 28.3. The SMILES string of the molecule is O=C(CCC(=O)OCC(F)(F)C(F)(F)C(F)(F)C(F)F)OCc1c(F)c(F)c(F)c(F)c1F. The van der Waals surface area contributed by atoms with Crippen molar-refractivity contribution in [2.75, 3.05) is 6.61 Å². The Hall–Kier alpha value is -2.75. The summed E-state index contributed by atoms with van der Waals surface area (Å²) < 4.78 is 175. The van der Waals surface area contributed by atoms with Crippen LogP contribution in [0.15, 0.2) is 0 Å². The molecule has 0 saturated carbocycles. The van der Waals surface area contributed by atoms with Crippen LogP contribution in [0, 0.1) is 29.1 Å². The van der Waals surface area contributed by atoms with E-state index in [1.807, 2.05) is 0 Å². The number of alkyl halides is 8. The maximum absolute atomic E-state index is 13.4. The van der Waals surface area contributed by atoms with Gasteiger partial charge in [-0.25, -0.2) is 30.7 Å². The number of hydrogen-bond donors (Lipinski definition) is 0. The molecule has 0 N–H and O–H groups in total. The molecule has 0 unspecified atom stereocenters. The predicted octanol–water partition coefficient (Wildman–Crippen LogP) is 4.92. The molecule has 33 heavy (non-hydrogen) atoms. The summed E-state index contributed by atoms with van der Waals surface area (Å²) in [7, 11) is 0. The van der Waals surface area contributed by atoms with Crippen molar-refractivity contribution in [1.29, 1.82) is 0 Å². The summed E-state index contributed by atoms with van der Waals surface area (Å²) in [5, 5.41) is 0. The van der Waals surface area contributed by atoms with Gasteiger partial charge >= 0.3 is 36.1 Å². The lowest BCUT2D eigenvalue weighted by Crippen LogP contribution is -2.59. The van der Waals surface area contributed by atoms with E-state index in [2.05, 4.69) is 9.47 Å². The van der Waals surface area contributed by atoms with E-state index in [0.29, 0.717) is 0 Å². The van der Waals surface area contributed by atoms with Crippen LogP contribution in [-0.4, -0.2) is 42.7 Å². The van der Waals surface area contributed by atoms with Crippen LogP contribution in [-0.2, 0) is 25.7 Å². The zero-order chi connectivity index (χ0) is 25.9. The molecule has 0 radical (unpaired) electrons. The van der Waals surface area contributed by atoms with Crippen LogP contribution >= 0.6 is 0 Å². The second kappa shape index (κ2) is 10.0. The van der Waals surface area contributed by atoms with Gasteiger partial charge in [0.2, 0.25) is 5.82 Å². The Morgan fingerprint density at radius 1 is 0.697 bits per heavy atom. The largest absolute Gasteiger partial charge is 0.461 e. The minimum atomic E-state index is -6.64. The standard InChI is InChI=1S/C16H9F13O4/c17-8-5(9(18)11(20)12(21)10(8)19)3-32-6(30)1-2-7(31)33-4-14(24,25)16(28,29)15(26,27)13(22)23/h13H,1-4H2. The lowest BCUT2D eigenvalue weighted by Gasteiger charge is -2.31. The van der Waals surface area contributed by atoms with Gasteiger partial charge in [0, 0.05) is 0 Å². The number of esters is 2. The summed E-state index contributed by atoms with van der Waals surface area (Å²) in [5.74, 6) is -34.5. The molecule has 0 spiro atoms. The number of ether oxygens (including phenoxy) is 2. The summed E-state index contributed by atoms with van der Waals surface area (Å²) in [6.45, 7) is -4.33. The molecule has 188 valence electrons. The van der Waals surface area contributed by atoms with E-state index < -0.39 is 96.8 Å². The molecular formula is C16H9F13O4. The Bertz CT molecular complexity index is 872. The first-order valence-corrected chi connectivity index (χ1v) is 8.11. The Morgan fingerprint density at radius 2 is 1.09 bits per heavy atom. The van der Waals surface area contributed by atoms with Crippen molar-refractivity contribution in [2.45, 2.75) is 43.6 Å². The number of benzene rings is 1. The maximum atomic E-state index is 13.4. The molecule has 0 aliphatic rings. The monoisotopic (exact) mass is 512 g/mol. The van der Waals surface area contributed by atoms with Crippen LogP contribution in [0.1, 0.15) is 18.4 Å². The van der Waals surface area contributed by atoms with Crippen molar-refractivity contribution < 1.29 is 76.1 Å². The molecule has 0 amide bonds. The predicted molar refractivity (Wildman–Crippen MR) is 77.1 cm³/mol. The average Bonchev–Trinajstić information content (AvgIpc) is 2.72. The van der Waals surface area contributed by atoms with Gasteiger partial charge < -0.3 is 9.47 Å². The summed E-state index contributed by atoms with van der Waals surface area (Å²) in [6.07, 6.45) is -7.65. The molecule has 0 atom stereocenters. The smallest absolute Gasteiger partial charge is 0.381 e. The quantitative estimate of drug-likeness (QED) is 0.193. The lowest BCUT2D eigenvalue weighted by molar-refractivity contribution is -0.344. The molecule has 0 bridgehead atoms. The topological polar surface area (TPSA) is 52.6 Å². The van der Waals surface area contributed by atoms with Crippen LogP contribution in [0.5, 0.6) is 0 Å². The first-order chi connectivity index (χ1) is 14.9. The van der Waals surface area contributed by atoms with Crippen molar-refractivity contribution in [2.24, 2.45) is 0 Å².